The van der Waals surface area contributed by atoms with E-state index >= 15 is 0 Å². The lowest BCUT2D eigenvalue weighted by Gasteiger charge is -2.07. The number of hydrogen-bond donors (Lipinski definition) is 1. The van der Waals surface area contributed by atoms with Crippen molar-refractivity contribution in [3.05, 3.63) is 35.2 Å². The molecule has 0 atom stereocenters. The SMILES string of the molecule is CCc1ncc2c(N)nc3ccc(Cl)cc3n12. The lowest BCUT2D eigenvalue weighted by Crippen LogP contribution is -2.00. The molecule has 0 radical (unpaired) electrons. The first kappa shape index (κ1) is 10.4. The summed E-state index contributed by atoms with van der Waals surface area (Å²) in [5.74, 6) is 1.45. The zero-order chi connectivity index (χ0) is 12.0. The maximum Gasteiger partial charge on any atom is 0.150 e. The Labute approximate surface area is 103 Å². The number of imidazole rings is 1. The van der Waals surface area contributed by atoms with Gasteiger partial charge in [0.1, 0.15) is 17.2 Å². The van der Waals surface area contributed by atoms with E-state index in [0.29, 0.717) is 10.8 Å². The molecule has 0 aliphatic rings. The number of aryl methyl sites for hydroxylation is 1. The fourth-order valence-corrected chi connectivity index (χ4v) is 2.21. The van der Waals surface area contributed by atoms with Crippen molar-refractivity contribution in [1.82, 2.24) is 14.4 Å². The zero-order valence-electron chi connectivity index (χ0n) is 9.31. The van der Waals surface area contributed by atoms with Gasteiger partial charge in [-0.2, -0.15) is 0 Å². The van der Waals surface area contributed by atoms with Crippen LogP contribution >= 0.6 is 11.6 Å². The Morgan fingerprint density at radius 3 is 2.94 bits per heavy atom. The first-order valence-electron chi connectivity index (χ1n) is 5.41. The summed E-state index contributed by atoms with van der Waals surface area (Å²) >= 11 is 6.03. The molecule has 3 aromatic rings. The molecule has 2 heterocycles. The number of nitrogens with zero attached hydrogens (tertiary/aromatic N) is 3. The Bertz CT molecular complexity index is 717. The van der Waals surface area contributed by atoms with E-state index in [1.165, 1.54) is 0 Å². The van der Waals surface area contributed by atoms with Crippen LogP contribution in [0.25, 0.3) is 16.6 Å². The van der Waals surface area contributed by atoms with Gasteiger partial charge < -0.3 is 5.73 Å². The van der Waals surface area contributed by atoms with E-state index in [-0.39, 0.29) is 0 Å². The first-order chi connectivity index (χ1) is 8.20. The molecule has 1 aromatic carbocycles. The summed E-state index contributed by atoms with van der Waals surface area (Å²) in [6.07, 6.45) is 2.58. The van der Waals surface area contributed by atoms with Crippen LogP contribution in [0.5, 0.6) is 0 Å². The molecule has 0 bridgehead atoms. The van der Waals surface area contributed by atoms with Crippen molar-refractivity contribution in [2.75, 3.05) is 5.73 Å². The van der Waals surface area contributed by atoms with E-state index < -0.39 is 0 Å². The van der Waals surface area contributed by atoms with E-state index in [4.69, 9.17) is 17.3 Å². The number of rotatable bonds is 1. The quantitative estimate of drug-likeness (QED) is 0.718. The minimum absolute atomic E-state index is 0.493. The molecular weight excluding hydrogens is 236 g/mol. The van der Waals surface area contributed by atoms with E-state index in [9.17, 15) is 0 Å². The second kappa shape index (κ2) is 3.60. The molecule has 0 aliphatic heterocycles. The lowest BCUT2D eigenvalue weighted by molar-refractivity contribution is 0.951. The second-order valence-electron chi connectivity index (χ2n) is 3.88. The maximum absolute atomic E-state index is 6.03. The van der Waals surface area contributed by atoms with Crippen LogP contribution in [-0.4, -0.2) is 14.4 Å². The van der Waals surface area contributed by atoms with Crippen LogP contribution in [-0.2, 0) is 6.42 Å². The minimum atomic E-state index is 0.493. The number of aromatic nitrogens is 3. The van der Waals surface area contributed by atoms with Crippen LogP contribution < -0.4 is 5.73 Å². The number of halogens is 1. The monoisotopic (exact) mass is 246 g/mol. The van der Waals surface area contributed by atoms with Gasteiger partial charge in [0.25, 0.3) is 0 Å². The lowest BCUT2D eigenvalue weighted by atomic mass is 10.3. The van der Waals surface area contributed by atoms with Gasteiger partial charge in [0, 0.05) is 11.4 Å². The largest absolute Gasteiger partial charge is 0.382 e. The molecule has 0 saturated heterocycles. The topological polar surface area (TPSA) is 56.2 Å². The van der Waals surface area contributed by atoms with Crippen molar-refractivity contribution >= 4 is 34.0 Å². The van der Waals surface area contributed by atoms with E-state index in [2.05, 4.69) is 16.9 Å². The highest BCUT2D eigenvalue weighted by Gasteiger charge is 2.10. The highest BCUT2D eigenvalue weighted by molar-refractivity contribution is 6.31. The van der Waals surface area contributed by atoms with Crippen molar-refractivity contribution < 1.29 is 0 Å². The molecule has 0 fully saturated rings. The minimum Gasteiger partial charge on any atom is -0.382 e. The number of benzene rings is 1. The van der Waals surface area contributed by atoms with Crippen molar-refractivity contribution in [3.8, 4) is 0 Å². The summed E-state index contributed by atoms with van der Waals surface area (Å²) in [6, 6.07) is 5.56. The molecule has 3 rings (SSSR count). The zero-order valence-corrected chi connectivity index (χ0v) is 10.1. The number of nitrogens with two attached hydrogens (primary N) is 1. The van der Waals surface area contributed by atoms with Gasteiger partial charge in [0.2, 0.25) is 0 Å². The number of nitrogen functional groups attached to an aromatic ring is 1. The van der Waals surface area contributed by atoms with Crippen molar-refractivity contribution in [2.24, 2.45) is 0 Å². The van der Waals surface area contributed by atoms with E-state index in [1.807, 2.05) is 22.6 Å². The Morgan fingerprint density at radius 2 is 2.18 bits per heavy atom. The third-order valence-electron chi connectivity index (χ3n) is 2.83. The van der Waals surface area contributed by atoms with Gasteiger partial charge in [-0.15, -0.1) is 0 Å². The number of anilines is 1. The van der Waals surface area contributed by atoms with Crippen LogP contribution in [0.3, 0.4) is 0 Å². The van der Waals surface area contributed by atoms with Crippen molar-refractivity contribution in [2.45, 2.75) is 13.3 Å². The maximum atomic E-state index is 6.03. The Kier molecular flexibility index (Phi) is 2.19. The van der Waals surface area contributed by atoms with Crippen LogP contribution in [0.1, 0.15) is 12.7 Å². The fourth-order valence-electron chi connectivity index (χ4n) is 2.05. The van der Waals surface area contributed by atoms with Gasteiger partial charge in [-0.1, -0.05) is 18.5 Å². The van der Waals surface area contributed by atoms with Crippen LogP contribution in [0.2, 0.25) is 5.02 Å². The molecule has 5 heteroatoms. The summed E-state index contributed by atoms with van der Waals surface area (Å²) in [7, 11) is 0. The fraction of sp³-hybridized carbons (Fsp3) is 0.167. The van der Waals surface area contributed by atoms with Crippen LogP contribution in [0.4, 0.5) is 5.82 Å². The predicted octanol–water partition coefficient (Wildman–Crippen LogP) is 2.68. The number of fused-ring (bicyclic) bond motifs is 3. The normalized spacial score (nSPS) is 11.4. The van der Waals surface area contributed by atoms with Gasteiger partial charge in [-0.05, 0) is 18.2 Å². The molecule has 0 amide bonds. The standard InChI is InChI=1S/C12H11ClN4/c1-2-11-15-6-10-12(14)16-8-4-3-7(13)5-9(8)17(10)11/h3-6H,2H2,1H3,(H2,14,16). The van der Waals surface area contributed by atoms with Gasteiger partial charge in [0.15, 0.2) is 0 Å². The molecule has 2 N–H and O–H groups in total. The van der Waals surface area contributed by atoms with Gasteiger partial charge in [0.05, 0.1) is 17.2 Å². The molecule has 17 heavy (non-hydrogen) atoms. The molecule has 0 aliphatic carbocycles. The summed E-state index contributed by atoms with van der Waals surface area (Å²) < 4.78 is 2.02. The molecular formula is C12H11ClN4. The molecule has 86 valence electrons. The Morgan fingerprint density at radius 1 is 1.35 bits per heavy atom. The molecule has 0 spiro atoms. The Hall–Kier alpha value is -1.81. The van der Waals surface area contributed by atoms with E-state index in [1.54, 1.807) is 6.20 Å². The first-order valence-corrected chi connectivity index (χ1v) is 5.79. The highest BCUT2D eigenvalue weighted by atomic mass is 35.5. The predicted molar refractivity (Wildman–Crippen MR) is 69.3 cm³/mol. The summed E-state index contributed by atoms with van der Waals surface area (Å²) in [6.45, 7) is 2.06. The van der Waals surface area contributed by atoms with Crippen LogP contribution in [0.15, 0.2) is 24.4 Å². The average molecular weight is 247 g/mol. The third-order valence-corrected chi connectivity index (χ3v) is 3.07. The van der Waals surface area contributed by atoms with Crippen molar-refractivity contribution in [1.29, 1.82) is 0 Å². The highest BCUT2D eigenvalue weighted by Crippen LogP contribution is 2.24. The summed E-state index contributed by atoms with van der Waals surface area (Å²) in [5.41, 5.74) is 8.52. The molecule has 2 aromatic heterocycles. The Balaban J connectivity index is 2.58. The summed E-state index contributed by atoms with van der Waals surface area (Å²) in [4.78, 5) is 8.71. The third kappa shape index (κ3) is 1.45. The van der Waals surface area contributed by atoms with Crippen molar-refractivity contribution in [3.63, 3.8) is 0 Å². The molecule has 0 unspecified atom stereocenters. The van der Waals surface area contributed by atoms with Gasteiger partial charge in [-0.25, -0.2) is 9.97 Å². The smallest absolute Gasteiger partial charge is 0.150 e. The number of hydrogen-bond acceptors (Lipinski definition) is 3. The van der Waals surface area contributed by atoms with Gasteiger partial charge in [-0.3, -0.25) is 4.40 Å². The second-order valence-corrected chi connectivity index (χ2v) is 4.32. The van der Waals surface area contributed by atoms with Crippen LogP contribution in [0, 0.1) is 0 Å². The average Bonchev–Trinajstić information content (AvgIpc) is 2.75. The molecule has 0 saturated carbocycles. The van der Waals surface area contributed by atoms with E-state index in [0.717, 1.165) is 28.8 Å². The summed E-state index contributed by atoms with van der Waals surface area (Å²) in [5, 5.41) is 0.682. The molecule has 4 nitrogen and oxygen atoms in total. The van der Waals surface area contributed by atoms with Gasteiger partial charge >= 0.3 is 0 Å².